The Morgan fingerprint density at radius 1 is 1.23 bits per heavy atom. The molecule has 7 heteroatoms. The zero-order valence-electron chi connectivity index (χ0n) is 14.6. The van der Waals surface area contributed by atoms with Crippen molar-refractivity contribution >= 4 is 38.0 Å². The number of benzene rings is 1. The third-order valence-corrected chi connectivity index (χ3v) is 5.17. The van der Waals surface area contributed by atoms with Gasteiger partial charge in [-0.05, 0) is 55.3 Å². The molecule has 0 aliphatic heterocycles. The first kappa shape index (κ1) is 16.4. The predicted molar refractivity (Wildman–Crippen MR) is 105 cm³/mol. The van der Waals surface area contributed by atoms with Crippen molar-refractivity contribution in [3.63, 3.8) is 0 Å². The first-order valence-electron chi connectivity index (χ1n) is 8.03. The van der Waals surface area contributed by atoms with E-state index in [1.807, 2.05) is 44.2 Å². The van der Waals surface area contributed by atoms with E-state index in [0.717, 1.165) is 32.8 Å². The summed E-state index contributed by atoms with van der Waals surface area (Å²) < 4.78 is 6.95. The van der Waals surface area contributed by atoms with Crippen molar-refractivity contribution in [2.75, 3.05) is 7.11 Å². The number of pyridine rings is 1. The molecular formula is C19H16N4O2S. The van der Waals surface area contributed by atoms with Gasteiger partial charge in [-0.25, -0.2) is 9.97 Å². The standard InChI is InChI=1S/C19H16N4O2S/c1-11-8-12(2)22-18-15(11)16-17(26-18)19(24)23(10-20-16)21-9-13-4-6-14(25-3)7-5-13/h4-10H,1-3H3/b21-9+. The summed E-state index contributed by atoms with van der Waals surface area (Å²) in [4.78, 5) is 22.6. The lowest BCUT2D eigenvalue weighted by atomic mass is 10.1. The largest absolute Gasteiger partial charge is 0.497 e. The van der Waals surface area contributed by atoms with Crippen LogP contribution in [0.4, 0.5) is 0 Å². The summed E-state index contributed by atoms with van der Waals surface area (Å²) in [6.45, 7) is 3.96. The average molecular weight is 364 g/mol. The van der Waals surface area contributed by atoms with Crippen LogP contribution < -0.4 is 10.3 Å². The number of hydrogen-bond acceptors (Lipinski definition) is 6. The van der Waals surface area contributed by atoms with Gasteiger partial charge in [0.1, 0.15) is 21.6 Å². The number of ether oxygens (including phenoxy) is 1. The minimum Gasteiger partial charge on any atom is -0.497 e. The van der Waals surface area contributed by atoms with E-state index in [1.54, 1.807) is 13.3 Å². The van der Waals surface area contributed by atoms with Crippen LogP contribution >= 0.6 is 11.3 Å². The van der Waals surface area contributed by atoms with E-state index in [2.05, 4.69) is 15.1 Å². The fourth-order valence-corrected chi connectivity index (χ4v) is 4.04. The normalized spacial score (nSPS) is 11.7. The predicted octanol–water partition coefficient (Wildman–Crippen LogP) is 3.51. The molecule has 4 aromatic rings. The Balaban J connectivity index is 1.80. The van der Waals surface area contributed by atoms with E-state index in [1.165, 1.54) is 22.3 Å². The van der Waals surface area contributed by atoms with Crippen molar-refractivity contribution in [1.29, 1.82) is 0 Å². The van der Waals surface area contributed by atoms with Gasteiger partial charge in [0.25, 0.3) is 5.56 Å². The number of aryl methyl sites for hydroxylation is 2. The Morgan fingerprint density at radius 3 is 2.73 bits per heavy atom. The maximum atomic E-state index is 12.8. The van der Waals surface area contributed by atoms with Crippen molar-refractivity contribution in [3.8, 4) is 5.75 Å². The molecule has 130 valence electrons. The topological polar surface area (TPSA) is 69.4 Å². The Kier molecular flexibility index (Phi) is 4.00. The maximum Gasteiger partial charge on any atom is 0.291 e. The molecular weight excluding hydrogens is 348 g/mol. The number of thiophene rings is 1. The van der Waals surface area contributed by atoms with Gasteiger partial charge < -0.3 is 4.74 Å². The Bertz CT molecular complexity index is 1210. The van der Waals surface area contributed by atoms with Crippen LogP contribution in [0.5, 0.6) is 5.75 Å². The molecule has 0 unspecified atom stereocenters. The van der Waals surface area contributed by atoms with Gasteiger partial charge in [-0.1, -0.05) is 0 Å². The molecule has 3 heterocycles. The van der Waals surface area contributed by atoms with Crippen LogP contribution in [0, 0.1) is 13.8 Å². The zero-order valence-corrected chi connectivity index (χ0v) is 15.4. The summed E-state index contributed by atoms with van der Waals surface area (Å²) in [7, 11) is 1.62. The van der Waals surface area contributed by atoms with Crippen molar-refractivity contribution in [3.05, 3.63) is 63.8 Å². The molecule has 3 aromatic heterocycles. The minimum atomic E-state index is -0.195. The lowest BCUT2D eigenvalue weighted by Crippen LogP contribution is -2.15. The molecule has 1 aromatic carbocycles. The molecule has 26 heavy (non-hydrogen) atoms. The lowest BCUT2D eigenvalue weighted by Gasteiger charge is -2.00. The summed E-state index contributed by atoms with van der Waals surface area (Å²) >= 11 is 1.36. The van der Waals surface area contributed by atoms with Gasteiger partial charge in [0.2, 0.25) is 0 Å². The van der Waals surface area contributed by atoms with Crippen molar-refractivity contribution in [1.82, 2.24) is 14.6 Å². The van der Waals surface area contributed by atoms with Crippen LogP contribution in [-0.2, 0) is 0 Å². The van der Waals surface area contributed by atoms with Gasteiger partial charge >= 0.3 is 0 Å². The molecule has 0 saturated heterocycles. The Hall–Kier alpha value is -3.06. The Morgan fingerprint density at radius 2 is 2.00 bits per heavy atom. The molecule has 0 fully saturated rings. The molecule has 0 N–H and O–H groups in total. The number of aromatic nitrogens is 3. The van der Waals surface area contributed by atoms with E-state index in [0.29, 0.717) is 10.2 Å². The molecule has 0 atom stereocenters. The van der Waals surface area contributed by atoms with Gasteiger partial charge in [0.15, 0.2) is 0 Å². The molecule has 6 nitrogen and oxygen atoms in total. The second-order valence-electron chi connectivity index (χ2n) is 5.95. The summed E-state index contributed by atoms with van der Waals surface area (Å²) in [6, 6.07) is 9.43. The van der Waals surface area contributed by atoms with Gasteiger partial charge in [-0.15, -0.1) is 11.3 Å². The van der Waals surface area contributed by atoms with Crippen molar-refractivity contribution in [2.45, 2.75) is 13.8 Å². The van der Waals surface area contributed by atoms with Gasteiger partial charge in [-0.3, -0.25) is 4.79 Å². The first-order valence-corrected chi connectivity index (χ1v) is 8.85. The molecule has 0 bridgehead atoms. The third kappa shape index (κ3) is 2.76. The summed E-state index contributed by atoms with van der Waals surface area (Å²) in [5, 5.41) is 5.20. The highest BCUT2D eigenvalue weighted by molar-refractivity contribution is 7.25. The van der Waals surface area contributed by atoms with Crippen molar-refractivity contribution < 1.29 is 4.74 Å². The first-order chi connectivity index (χ1) is 12.6. The highest BCUT2D eigenvalue weighted by Gasteiger charge is 2.14. The van der Waals surface area contributed by atoms with Crippen molar-refractivity contribution in [2.24, 2.45) is 5.10 Å². The number of hydrogen-bond donors (Lipinski definition) is 0. The third-order valence-electron chi connectivity index (χ3n) is 4.11. The van der Waals surface area contributed by atoms with Crippen LogP contribution in [-0.4, -0.2) is 28.0 Å². The van der Waals surface area contributed by atoms with Crippen LogP contribution in [0.2, 0.25) is 0 Å². The zero-order chi connectivity index (χ0) is 18.3. The highest BCUT2D eigenvalue weighted by Crippen LogP contribution is 2.31. The van der Waals surface area contributed by atoms with E-state index in [4.69, 9.17) is 4.74 Å². The molecule has 0 aliphatic carbocycles. The molecule has 0 spiro atoms. The van der Waals surface area contributed by atoms with E-state index in [-0.39, 0.29) is 5.56 Å². The van der Waals surface area contributed by atoms with Crippen LogP contribution in [0.1, 0.15) is 16.8 Å². The molecule has 4 rings (SSSR count). The molecule has 0 aliphatic rings. The number of nitrogens with zero attached hydrogens (tertiary/aromatic N) is 4. The quantitative estimate of drug-likeness (QED) is 0.522. The van der Waals surface area contributed by atoms with Crippen LogP contribution in [0.15, 0.2) is 46.6 Å². The second kappa shape index (κ2) is 6.34. The number of fused-ring (bicyclic) bond motifs is 3. The minimum absolute atomic E-state index is 0.195. The van der Waals surface area contributed by atoms with Gasteiger partial charge in [0.05, 0.1) is 18.8 Å². The van der Waals surface area contributed by atoms with Gasteiger partial charge in [-0.2, -0.15) is 9.78 Å². The summed E-state index contributed by atoms with van der Waals surface area (Å²) in [6.07, 6.45) is 3.07. The summed E-state index contributed by atoms with van der Waals surface area (Å²) in [5.74, 6) is 0.769. The fourth-order valence-electron chi connectivity index (χ4n) is 2.86. The van der Waals surface area contributed by atoms with Crippen LogP contribution in [0.25, 0.3) is 20.4 Å². The highest BCUT2D eigenvalue weighted by atomic mass is 32.1. The van der Waals surface area contributed by atoms with E-state index < -0.39 is 0 Å². The SMILES string of the molecule is COc1ccc(/C=N/n2cnc3c(sc4nc(C)cc(C)c43)c2=O)cc1. The summed E-state index contributed by atoms with van der Waals surface area (Å²) in [5.41, 5.74) is 3.36. The molecule has 0 radical (unpaired) electrons. The maximum absolute atomic E-state index is 12.8. The van der Waals surface area contributed by atoms with Crippen LogP contribution in [0.3, 0.4) is 0 Å². The van der Waals surface area contributed by atoms with Gasteiger partial charge in [0, 0.05) is 11.1 Å². The van der Waals surface area contributed by atoms with E-state index in [9.17, 15) is 4.79 Å². The molecule has 0 saturated carbocycles. The lowest BCUT2D eigenvalue weighted by molar-refractivity contribution is 0.415. The number of methoxy groups -OCH3 is 1. The smallest absolute Gasteiger partial charge is 0.291 e. The average Bonchev–Trinajstić information content (AvgIpc) is 3.01. The Labute approximate surface area is 153 Å². The fraction of sp³-hybridized carbons (Fsp3) is 0.158. The van der Waals surface area contributed by atoms with E-state index >= 15 is 0 Å². The monoisotopic (exact) mass is 364 g/mol. The number of rotatable bonds is 3. The molecule has 0 amide bonds. The second-order valence-corrected chi connectivity index (χ2v) is 6.95.